The van der Waals surface area contributed by atoms with E-state index in [9.17, 15) is 14.4 Å². The van der Waals surface area contributed by atoms with E-state index in [2.05, 4.69) is 6.08 Å². The van der Waals surface area contributed by atoms with Crippen molar-refractivity contribution in [3.8, 4) is 0 Å². The Morgan fingerprint density at radius 2 is 1.93 bits per heavy atom. The Labute approximate surface area is 166 Å². The molecule has 1 saturated carbocycles. The van der Waals surface area contributed by atoms with E-state index in [0.29, 0.717) is 18.4 Å². The molecule has 0 radical (unpaired) electrons. The summed E-state index contributed by atoms with van der Waals surface area (Å²) in [6.45, 7) is 10.8. The molecular formula is C22H30O6. The van der Waals surface area contributed by atoms with Crippen molar-refractivity contribution >= 4 is 17.9 Å². The lowest BCUT2D eigenvalue weighted by molar-refractivity contribution is -0.201. The number of ether oxygens (including phenoxy) is 3. The molecule has 7 atom stereocenters. The van der Waals surface area contributed by atoms with Crippen molar-refractivity contribution < 1.29 is 28.6 Å². The molecule has 28 heavy (non-hydrogen) atoms. The second-order valence-electron chi connectivity index (χ2n) is 8.58. The van der Waals surface area contributed by atoms with E-state index in [1.807, 2.05) is 20.8 Å². The summed E-state index contributed by atoms with van der Waals surface area (Å²) in [6.07, 6.45) is 3.62. The summed E-state index contributed by atoms with van der Waals surface area (Å²) < 4.78 is 17.4. The lowest BCUT2D eigenvalue weighted by atomic mass is 9.53. The van der Waals surface area contributed by atoms with Gasteiger partial charge in [0.2, 0.25) is 0 Å². The molecule has 154 valence electrons. The van der Waals surface area contributed by atoms with Gasteiger partial charge in [-0.05, 0) is 27.2 Å². The van der Waals surface area contributed by atoms with Gasteiger partial charge < -0.3 is 14.2 Å². The molecule has 2 fully saturated rings. The lowest BCUT2D eigenvalue weighted by Gasteiger charge is -2.55. The first-order valence-electron chi connectivity index (χ1n) is 9.99. The van der Waals surface area contributed by atoms with E-state index in [0.717, 1.165) is 5.57 Å². The fourth-order valence-electron chi connectivity index (χ4n) is 5.22. The van der Waals surface area contributed by atoms with E-state index in [1.165, 1.54) is 6.92 Å². The SMILES string of the molecule is C/C=C(/C)C(=O)O[C@H]1CC=C(C)[C@H]2[C@@H]3OC(=O)[C@H](C)[C@@H]3C[C@H](OC(C)=O)[C@@]12C. The monoisotopic (exact) mass is 390 g/mol. The molecule has 2 aliphatic carbocycles. The highest BCUT2D eigenvalue weighted by molar-refractivity contribution is 5.87. The highest BCUT2D eigenvalue weighted by Crippen LogP contribution is 2.58. The van der Waals surface area contributed by atoms with Crippen LogP contribution in [0.5, 0.6) is 0 Å². The van der Waals surface area contributed by atoms with Gasteiger partial charge in [-0.15, -0.1) is 0 Å². The van der Waals surface area contributed by atoms with E-state index >= 15 is 0 Å². The number of hydrogen-bond acceptors (Lipinski definition) is 6. The molecule has 1 saturated heterocycles. The lowest BCUT2D eigenvalue weighted by Crippen LogP contribution is -2.61. The molecular weight excluding hydrogens is 360 g/mol. The average molecular weight is 390 g/mol. The summed E-state index contributed by atoms with van der Waals surface area (Å²) >= 11 is 0. The molecule has 0 bridgehead atoms. The Bertz CT molecular complexity index is 750. The van der Waals surface area contributed by atoms with Crippen LogP contribution in [-0.2, 0) is 28.6 Å². The van der Waals surface area contributed by atoms with Crippen LogP contribution in [-0.4, -0.2) is 36.2 Å². The topological polar surface area (TPSA) is 78.9 Å². The predicted octanol–water partition coefficient (Wildman–Crippen LogP) is 3.35. The van der Waals surface area contributed by atoms with Crippen molar-refractivity contribution in [2.75, 3.05) is 0 Å². The molecule has 0 N–H and O–H groups in total. The zero-order chi connectivity index (χ0) is 20.8. The standard InChI is InChI=1S/C22H30O6/c1-7-11(2)20(24)27-16-9-8-12(3)18-19-15(13(4)21(25)28-19)10-17(22(16,18)6)26-14(5)23/h7-8,13,15-19H,9-10H2,1-6H3/b11-7-/t13-,15+,16+,17+,18+,19-,22-/m1/s1. The predicted molar refractivity (Wildman–Crippen MR) is 102 cm³/mol. The van der Waals surface area contributed by atoms with Gasteiger partial charge in [0, 0.05) is 30.8 Å². The number of carbonyl (C=O) groups is 3. The van der Waals surface area contributed by atoms with E-state index in [1.54, 1.807) is 19.9 Å². The second kappa shape index (κ2) is 7.37. The summed E-state index contributed by atoms with van der Waals surface area (Å²) in [6, 6.07) is 0. The molecule has 3 aliphatic rings. The van der Waals surface area contributed by atoms with Gasteiger partial charge in [0.25, 0.3) is 0 Å². The summed E-state index contributed by atoms with van der Waals surface area (Å²) in [5, 5.41) is 0. The fraction of sp³-hybridized carbons (Fsp3) is 0.682. The number of carbonyl (C=O) groups excluding carboxylic acids is 3. The minimum Gasteiger partial charge on any atom is -0.462 e. The summed E-state index contributed by atoms with van der Waals surface area (Å²) in [5.74, 6) is -1.39. The van der Waals surface area contributed by atoms with Gasteiger partial charge in [0.15, 0.2) is 0 Å². The normalized spacial score (nSPS) is 40.0. The van der Waals surface area contributed by atoms with Crippen LogP contribution >= 0.6 is 0 Å². The van der Waals surface area contributed by atoms with Gasteiger partial charge in [-0.2, -0.15) is 0 Å². The minimum atomic E-state index is -0.667. The minimum absolute atomic E-state index is 0.0231. The van der Waals surface area contributed by atoms with Crippen LogP contribution in [0.1, 0.15) is 54.4 Å². The fourth-order valence-corrected chi connectivity index (χ4v) is 5.22. The zero-order valence-corrected chi connectivity index (χ0v) is 17.5. The van der Waals surface area contributed by atoms with Crippen LogP contribution in [0.3, 0.4) is 0 Å². The average Bonchev–Trinajstić information content (AvgIpc) is 2.90. The largest absolute Gasteiger partial charge is 0.462 e. The Balaban J connectivity index is 2.04. The van der Waals surface area contributed by atoms with E-state index in [4.69, 9.17) is 14.2 Å². The molecule has 0 aromatic rings. The third-order valence-corrected chi connectivity index (χ3v) is 7.02. The smallest absolute Gasteiger partial charge is 0.333 e. The first kappa shape index (κ1) is 20.6. The Kier molecular flexibility index (Phi) is 5.43. The molecule has 0 unspecified atom stereocenters. The Morgan fingerprint density at radius 1 is 1.25 bits per heavy atom. The van der Waals surface area contributed by atoms with Crippen LogP contribution in [0, 0.1) is 23.2 Å². The number of fused-ring (bicyclic) bond motifs is 3. The van der Waals surface area contributed by atoms with Crippen molar-refractivity contribution in [1.29, 1.82) is 0 Å². The molecule has 3 rings (SSSR count). The molecule has 1 aliphatic heterocycles. The number of hydrogen-bond donors (Lipinski definition) is 0. The third kappa shape index (κ3) is 3.16. The second-order valence-corrected chi connectivity index (χ2v) is 8.58. The quantitative estimate of drug-likeness (QED) is 0.318. The van der Waals surface area contributed by atoms with Crippen molar-refractivity contribution in [2.24, 2.45) is 23.2 Å². The van der Waals surface area contributed by atoms with Crippen LogP contribution in [0.15, 0.2) is 23.3 Å². The van der Waals surface area contributed by atoms with Gasteiger partial charge in [-0.25, -0.2) is 4.79 Å². The van der Waals surface area contributed by atoms with Crippen LogP contribution < -0.4 is 0 Å². The number of esters is 3. The summed E-state index contributed by atoms with van der Waals surface area (Å²) in [7, 11) is 0. The molecule has 0 spiro atoms. The number of rotatable bonds is 3. The van der Waals surface area contributed by atoms with E-state index < -0.39 is 17.6 Å². The van der Waals surface area contributed by atoms with Gasteiger partial charge >= 0.3 is 17.9 Å². The van der Waals surface area contributed by atoms with Crippen molar-refractivity contribution in [2.45, 2.75) is 72.7 Å². The first-order valence-corrected chi connectivity index (χ1v) is 9.99. The molecule has 0 aromatic carbocycles. The van der Waals surface area contributed by atoms with Crippen LogP contribution in [0.2, 0.25) is 0 Å². The molecule has 0 amide bonds. The van der Waals surface area contributed by atoms with Gasteiger partial charge in [-0.1, -0.05) is 31.6 Å². The number of allylic oxidation sites excluding steroid dienone is 1. The molecule has 0 aromatic heterocycles. The first-order chi connectivity index (χ1) is 13.1. The Morgan fingerprint density at radius 3 is 2.54 bits per heavy atom. The maximum absolute atomic E-state index is 12.5. The Hall–Kier alpha value is -2.11. The molecule has 6 heteroatoms. The van der Waals surface area contributed by atoms with Gasteiger partial charge in [0.1, 0.15) is 18.3 Å². The van der Waals surface area contributed by atoms with Gasteiger partial charge in [0.05, 0.1) is 11.3 Å². The van der Waals surface area contributed by atoms with Crippen molar-refractivity contribution in [3.63, 3.8) is 0 Å². The van der Waals surface area contributed by atoms with Crippen LogP contribution in [0.4, 0.5) is 0 Å². The molecule has 1 heterocycles. The maximum atomic E-state index is 12.5. The van der Waals surface area contributed by atoms with Gasteiger partial charge in [-0.3, -0.25) is 9.59 Å². The van der Waals surface area contributed by atoms with Crippen LogP contribution in [0.25, 0.3) is 0 Å². The third-order valence-electron chi connectivity index (χ3n) is 7.02. The van der Waals surface area contributed by atoms with Crippen molar-refractivity contribution in [1.82, 2.24) is 0 Å². The maximum Gasteiger partial charge on any atom is 0.333 e. The highest BCUT2D eigenvalue weighted by atomic mass is 16.6. The van der Waals surface area contributed by atoms with E-state index in [-0.39, 0.29) is 41.8 Å². The highest BCUT2D eigenvalue weighted by Gasteiger charge is 2.64. The zero-order valence-electron chi connectivity index (χ0n) is 17.5. The van der Waals surface area contributed by atoms with Crippen molar-refractivity contribution in [3.05, 3.63) is 23.3 Å². The summed E-state index contributed by atoms with van der Waals surface area (Å²) in [4.78, 5) is 36.7. The summed E-state index contributed by atoms with van der Waals surface area (Å²) in [5.41, 5.74) is 0.955. The molecule has 6 nitrogen and oxygen atoms in total.